The summed E-state index contributed by atoms with van der Waals surface area (Å²) in [5, 5.41) is 10.5. The molecular formula is C16H19ClN2O3S. The molecule has 0 spiro atoms. The van der Waals surface area contributed by atoms with Crippen LogP contribution in [-0.4, -0.2) is 18.5 Å². The number of pyridine rings is 1. The third-order valence-corrected chi connectivity index (χ3v) is 5.18. The molecule has 0 bridgehead atoms. The van der Waals surface area contributed by atoms with E-state index in [0.29, 0.717) is 16.8 Å². The Morgan fingerprint density at radius 3 is 2.52 bits per heavy atom. The van der Waals surface area contributed by atoms with Gasteiger partial charge in [0.2, 0.25) is 0 Å². The van der Waals surface area contributed by atoms with Gasteiger partial charge in [-0.1, -0.05) is 43.6 Å². The number of nitrogens with one attached hydrogen (secondary N) is 1. The second kappa shape index (κ2) is 6.86. The third kappa shape index (κ3) is 4.02. The van der Waals surface area contributed by atoms with Gasteiger partial charge in [0.25, 0.3) is 10.0 Å². The van der Waals surface area contributed by atoms with Gasteiger partial charge in [-0.25, -0.2) is 13.4 Å². The Labute approximate surface area is 141 Å². The van der Waals surface area contributed by atoms with Gasteiger partial charge in [0.15, 0.2) is 0 Å². The highest BCUT2D eigenvalue weighted by molar-refractivity contribution is 7.92. The Morgan fingerprint density at radius 2 is 1.91 bits per heavy atom. The van der Waals surface area contributed by atoms with Crippen molar-refractivity contribution < 1.29 is 13.5 Å². The quantitative estimate of drug-likeness (QED) is 0.805. The van der Waals surface area contributed by atoms with Gasteiger partial charge < -0.3 is 5.11 Å². The first-order valence-corrected chi connectivity index (χ1v) is 9.00. The lowest BCUT2D eigenvalue weighted by Gasteiger charge is -2.19. The zero-order valence-electron chi connectivity index (χ0n) is 13.1. The van der Waals surface area contributed by atoms with E-state index in [1.54, 1.807) is 31.2 Å². The number of sulfonamides is 1. The Morgan fingerprint density at radius 1 is 1.26 bits per heavy atom. The number of hydrogen-bond acceptors (Lipinski definition) is 4. The monoisotopic (exact) mass is 354 g/mol. The SMILES string of the molecule is Cc1cc(S(=O)(=O)Nc2ccccc2C(O)C(C)C)cnc1Cl. The van der Waals surface area contributed by atoms with Crippen molar-refractivity contribution in [1.82, 2.24) is 4.98 Å². The predicted octanol–water partition coefficient (Wildman–Crippen LogP) is 3.53. The summed E-state index contributed by atoms with van der Waals surface area (Å²) < 4.78 is 27.6. The van der Waals surface area contributed by atoms with Crippen LogP contribution in [0.2, 0.25) is 5.15 Å². The molecule has 1 aromatic carbocycles. The first-order valence-electron chi connectivity index (χ1n) is 7.14. The number of para-hydroxylation sites is 1. The largest absolute Gasteiger partial charge is 0.388 e. The molecule has 1 atom stereocenters. The molecule has 0 saturated carbocycles. The number of aliphatic hydroxyl groups excluding tert-OH is 1. The van der Waals surface area contributed by atoms with Crippen molar-refractivity contribution in [3.05, 3.63) is 52.8 Å². The average molecular weight is 355 g/mol. The number of aliphatic hydroxyl groups is 1. The van der Waals surface area contributed by atoms with Crippen molar-refractivity contribution in [2.45, 2.75) is 31.8 Å². The fourth-order valence-corrected chi connectivity index (χ4v) is 3.31. The molecule has 0 fully saturated rings. The lowest BCUT2D eigenvalue weighted by Crippen LogP contribution is -2.16. The van der Waals surface area contributed by atoms with Crippen LogP contribution in [0.5, 0.6) is 0 Å². The van der Waals surface area contributed by atoms with Crippen LogP contribution in [0.1, 0.15) is 31.1 Å². The van der Waals surface area contributed by atoms with Crippen LogP contribution in [-0.2, 0) is 10.0 Å². The second-order valence-electron chi connectivity index (χ2n) is 5.66. The maximum Gasteiger partial charge on any atom is 0.263 e. The fourth-order valence-electron chi connectivity index (χ4n) is 2.09. The highest BCUT2D eigenvalue weighted by Gasteiger charge is 2.21. The van der Waals surface area contributed by atoms with Gasteiger partial charge >= 0.3 is 0 Å². The normalized spacial score (nSPS) is 13.1. The van der Waals surface area contributed by atoms with Crippen molar-refractivity contribution in [2.75, 3.05) is 4.72 Å². The topological polar surface area (TPSA) is 79.3 Å². The minimum Gasteiger partial charge on any atom is -0.388 e. The smallest absolute Gasteiger partial charge is 0.263 e. The summed E-state index contributed by atoms with van der Waals surface area (Å²) in [4.78, 5) is 3.89. The minimum atomic E-state index is -3.82. The zero-order chi connectivity index (χ0) is 17.2. The van der Waals surface area contributed by atoms with E-state index in [1.165, 1.54) is 12.3 Å². The van der Waals surface area contributed by atoms with Gasteiger partial charge in [-0.3, -0.25) is 4.72 Å². The fraction of sp³-hybridized carbons (Fsp3) is 0.312. The molecule has 2 rings (SSSR count). The molecule has 5 nitrogen and oxygen atoms in total. The number of hydrogen-bond donors (Lipinski definition) is 2. The van der Waals surface area contributed by atoms with Crippen molar-refractivity contribution in [3.63, 3.8) is 0 Å². The van der Waals surface area contributed by atoms with Crippen LogP contribution in [0, 0.1) is 12.8 Å². The summed E-state index contributed by atoms with van der Waals surface area (Å²) in [5.41, 5.74) is 1.45. The molecule has 0 aliphatic heterocycles. The predicted molar refractivity (Wildman–Crippen MR) is 91.0 cm³/mol. The number of anilines is 1. The molecule has 124 valence electrons. The highest BCUT2D eigenvalue weighted by Crippen LogP contribution is 2.29. The van der Waals surface area contributed by atoms with Crippen LogP contribution in [0.15, 0.2) is 41.4 Å². The Kier molecular flexibility index (Phi) is 5.29. The summed E-state index contributed by atoms with van der Waals surface area (Å²) in [6, 6.07) is 8.24. The molecule has 1 unspecified atom stereocenters. The Hall–Kier alpha value is -1.63. The summed E-state index contributed by atoms with van der Waals surface area (Å²) >= 11 is 5.83. The molecule has 1 aromatic heterocycles. The van der Waals surface area contributed by atoms with Crippen molar-refractivity contribution in [1.29, 1.82) is 0 Å². The number of benzene rings is 1. The first-order chi connectivity index (χ1) is 10.7. The maximum absolute atomic E-state index is 12.5. The maximum atomic E-state index is 12.5. The van der Waals surface area contributed by atoms with Gasteiger partial charge in [-0.05, 0) is 30.5 Å². The molecule has 2 aromatic rings. The van der Waals surface area contributed by atoms with E-state index < -0.39 is 16.1 Å². The van der Waals surface area contributed by atoms with E-state index in [-0.39, 0.29) is 16.0 Å². The summed E-state index contributed by atoms with van der Waals surface area (Å²) in [7, 11) is -3.82. The summed E-state index contributed by atoms with van der Waals surface area (Å²) in [6.45, 7) is 5.41. The first kappa shape index (κ1) is 17.7. The van der Waals surface area contributed by atoms with E-state index in [1.807, 2.05) is 13.8 Å². The molecule has 0 radical (unpaired) electrons. The standard InChI is InChI=1S/C16H19ClN2O3S/c1-10(2)15(20)13-6-4-5-7-14(13)19-23(21,22)12-8-11(3)16(17)18-9-12/h4-10,15,19-20H,1-3H3. The molecule has 0 aliphatic carbocycles. The minimum absolute atomic E-state index is 0.0215. The number of nitrogens with zero attached hydrogens (tertiary/aromatic N) is 1. The number of aryl methyl sites for hydroxylation is 1. The molecule has 0 saturated heterocycles. The molecule has 23 heavy (non-hydrogen) atoms. The molecule has 0 aliphatic rings. The van der Waals surface area contributed by atoms with Crippen molar-refractivity contribution >= 4 is 27.3 Å². The lowest BCUT2D eigenvalue weighted by atomic mass is 9.98. The number of halogens is 1. The van der Waals surface area contributed by atoms with Gasteiger partial charge in [-0.2, -0.15) is 0 Å². The Balaban J connectivity index is 2.40. The second-order valence-corrected chi connectivity index (χ2v) is 7.70. The van der Waals surface area contributed by atoms with Gasteiger partial charge in [-0.15, -0.1) is 0 Å². The third-order valence-electron chi connectivity index (χ3n) is 3.45. The van der Waals surface area contributed by atoms with E-state index in [4.69, 9.17) is 11.6 Å². The summed E-state index contributed by atoms with van der Waals surface area (Å²) in [6.07, 6.45) is 0.443. The number of rotatable bonds is 5. The van der Waals surface area contributed by atoms with Crippen molar-refractivity contribution in [3.8, 4) is 0 Å². The zero-order valence-corrected chi connectivity index (χ0v) is 14.7. The van der Waals surface area contributed by atoms with E-state index in [0.717, 1.165) is 0 Å². The Bertz CT molecular complexity index is 807. The summed E-state index contributed by atoms with van der Waals surface area (Å²) in [5.74, 6) is -0.0416. The lowest BCUT2D eigenvalue weighted by molar-refractivity contribution is 0.127. The molecule has 1 heterocycles. The van der Waals surface area contributed by atoms with Crippen LogP contribution in [0.3, 0.4) is 0 Å². The highest BCUT2D eigenvalue weighted by atomic mass is 35.5. The molecular weight excluding hydrogens is 336 g/mol. The molecule has 0 amide bonds. The average Bonchev–Trinajstić information content (AvgIpc) is 2.49. The van der Waals surface area contributed by atoms with E-state index in [9.17, 15) is 13.5 Å². The van der Waals surface area contributed by atoms with Crippen molar-refractivity contribution in [2.24, 2.45) is 5.92 Å². The van der Waals surface area contributed by atoms with Gasteiger partial charge in [0, 0.05) is 11.8 Å². The molecule has 2 N–H and O–H groups in total. The number of aromatic nitrogens is 1. The van der Waals surface area contributed by atoms with Gasteiger partial charge in [0.1, 0.15) is 10.0 Å². The van der Waals surface area contributed by atoms with E-state index >= 15 is 0 Å². The van der Waals surface area contributed by atoms with Crippen LogP contribution in [0.4, 0.5) is 5.69 Å². The molecule has 7 heteroatoms. The van der Waals surface area contributed by atoms with Crippen LogP contribution < -0.4 is 4.72 Å². The van der Waals surface area contributed by atoms with E-state index in [2.05, 4.69) is 9.71 Å². The van der Waals surface area contributed by atoms with Crippen LogP contribution in [0.25, 0.3) is 0 Å². The van der Waals surface area contributed by atoms with Crippen LogP contribution >= 0.6 is 11.6 Å². The van der Waals surface area contributed by atoms with Gasteiger partial charge in [0.05, 0.1) is 11.8 Å².